The van der Waals surface area contributed by atoms with Gasteiger partial charge in [-0.3, -0.25) is 0 Å². The predicted molar refractivity (Wildman–Crippen MR) is 77.9 cm³/mol. The fourth-order valence-electron chi connectivity index (χ4n) is 2.76. The first-order chi connectivity index (χ1) is 9.24. The van der Waals surface area contributed by atoms with E-state index in [0.29, 0.717) is 22.3 Å². The highest BCUT2D eigenvalue weighted by Crippen LogP contribution is 2.34. The zero-order valence-electron chi connectivity index (χ0n) is 10.9. The van der Waals surface area contributed by atoms with Crippen LogP contribution in [0.25, 0.3) is 0 Å². The van der Waals surface area contributed by atoms with E-state index in [1.54, 1.807) is 6.20 Å². The Morgan fingerprint density at radius 3 is 2.68 bits per heavy atom. The molecule has 5 heteroatoms. The lowest BCUT2D eigenvalue weighted by molar-refractivity contribution is 0.370. The summed E-state index contributed by atoms with van der Waals surface area (Å²) >= 11 is 3.27. The SMILES string of the molecule is Fc1cc(Br)cnc1N(CC1CCNCC1)C1CC1. The van der Waals surface area contributed by atoms with E-state index in [4.69, 9.17) is 0 Å². The number of pyridine rings is 1. The summed E-state index contributed by atoms with van der Waals surface area (Å²) in [5.41, 5.74) is 0. The van der Waals surface area contributed by atoms with E-state index in [1.165, 1.54) is 31.7 Å². The van der Waals surface area contributed by atoms with E-state index in [-0.39, 0.29) is 5.82 Å². The molecule has 0 amide bonds. The van der Waals surface area contributed by atoms with Gasteiger partial charge in [-0.05, 0) is 66.7 Å². The molecule has 3 nitrogen and oxygen atoms in total. The van der Waals surface area contributed by atoms with Gasteiger partial charge in [0.25, 0.3) is 0 Å². The largest absolute Gasteiger partial charge is 0.351 e. The number of rotatable bonds is 4. The van der Waals surface area contributed by atoms with E-state index in [2.05, 4.69) is 31.1 Å². The quantitative estimate of drug-likeness (QED) is 0.921. The molecule has 0 bridgehead atoms. The smallest absolute Gasteiger partial charge is 0.166 e. The first-order valence-electron chi connectivity index (χ1n) is 7.02. The number of anilines is 1. The topological polar surface area (TPSA) is 28.2 Å². The molecule has 2 heterocycles. The van der Waals surface area contributed by atoms with Crippen LogP contribution < -0.4 is 10.2 Å². The minimum Gasteiger partial charge on any atom is -0.351 e. The lowest BCUT2D eigenvalue weighted by atomic mass is 9.97. The Balaban J connectivity index is 1.76. The van der Waals surface area contributed by atoms with E-state index < -0.39 is 0 Å². The molecule has 0 aromatic carbocycles. The fourth-order valence-corrected chi connectivity index (χ4v) is 3.06. The predicted octanol–water partition coefficient (Wildman–Crippen LogP) is 2.95. The van der Waals surface area contributed by atoms with Crippen LogP contribution in [0.2, 0.25) is 0 Å². The summed E-state index contributed by atoms with van der Waals surface area (Å²) in [6.07, 6.45) is 6.39. The molecule has 1 aliphatic carbocycles. The van der Waals surface area contributed by atoms with Crippen molar-refractivity contribution in [2.24, 2.45) is 5.92 Å². The molecule has 1 aliphatic heterocycles. The Morgan fingerprint density at radius 2 is 2.05 bits per heavy atom. The molecule has 0 atom stereocenters. The molecule has 1 N–H and O–H groups in total. The molecule has 2 fully saturated rings. The van der Waals surface area contributed by atoms with Gasteiger partial charge in [0.15, 0.2) is 11.6 Å². The zero-order chi connectivity index (χ0) is 13.2. The highest BCUT2D eigenvalue weighted by atomic mass is 79.9. The van der Waals surface area contributed by atoms with Gasteiger partial charge in [-0.15, -0.1) is 0 Å². The lowest BCUT2D eigenvalue weighted by Crippen LogP contribution is -2.38. The molecule has 104 valence electrons. The number of hydrogen-bond donors (Lipinski definition) is 1. The van der Waals surface area contributed by atoms with Crippen molar-refractivity contribution in [1.29, 1.82) is 0 Å². The van der Waals surface area contributed by atoms with Crippen molar-refractivity contribution in [2.75, 3.05) is 24.5 Å². The second-order valence-electron chi connectivity index (χ2n) is 5.54. The second kappa shape index (κ2) is 5.75. The van der Waals surface area contributed by atoms with Crippen molar-refractivity contribution in [3.05, 3.63) is 22.6 Å². The van der Waals surface area contributed by atoms with Gasteiger partial charge in [0.2, 0.25) is 0 Å². The van der Waals surface area contributed by atoms with Crippen LogP contribution in [0, 0.1) is 11.7 Å². The third kappa shape index (κ3) is 3.26. The maximum absolute atomic E-state index is 14.1. The average molecular weight is 328 g/mol. The molecular weight excluding hydrogens is 309 g/mol. The summed E-state index contributed by atoms with van der Waals surface area (Å²) in [7, 11) is 0. The van der Waals surface area contributed by atoms with Crippen LogP contribution in [-0.4, -0.2) is 30.7 Å². The third-order valence-corrected chi connectivity index (χ3v) is 4.40. The fraction of sp³-hybridized carbons (Fsp3) is 0.643. The van der Waals surface area contributed by atoms with Crippen LogP contribution >= 0.6 is 15.9 Å². The third-order valence-electron chi connectivity index (χ3n) is 3.96. The number of aromatic nitrogens is 1. The normalized spacial score (nSPS) is 20.5. The molecule has 2 aliphatic rings. The molecule has 3 rings (SSSR count). The molecule has 1 aromatic heterocycles. The summed E-state index contributed by atoms with van der Waals surface area (Å²) in [5, 5.41) is 3.38. The van der Waals surface area contributed by atoms with Crippen LogP contribution in [-0.2, 0) is 0 Å². The number of piperidine rings is 1. The minimum absolute atomic E-state index is 0.213. The Bertz CT molecular complexity index is 444. The van der Waals surface area contributed by atoms with E-state index in [9.17, 15) is 4.39 Å². The van der Waals surface area contributed by atoms with Gasteiger partial charge in [-0.1, -0.05) is 0 Å². The number of hydrogen-bond acceptors (Lipinski definition) is 3. The highest BCUT2D eigenvalue weighted by Gasteiger charge is 2.33. The van der Waals surface area contributed by atoms with Gasteiger partial charge in [0, 0.05) is 23.3 Å². The van der Waals surface area contributed by atoms with Gasteiger partial charge in [-0.2, -0.15) is 0 Å². The van der Waals surface area contributed by atoms with E-state index in [1.807, 2.05) is 0 Å². The standard InChI is InChI=1S/C14H19BrFN3/c15-11-7-13(16)14(18-8-11)19(12-1-2-12)9-10-3-5-17-6-4-10/h7-8,10,12,17H,1-6,9H2. The minimum atomic E-state index is -0.213. The lowest BCUT2D eigenvalue weighted by Gasteiger charge is -2.31. The van der Waals surface area contributed by atoms with Crippen LogP contribution in [0.5, 0.6) is 0 Å². The van der Waals surface area contributed by atoms with Gasteiger partial charge < -0.3 is 10.2 Å². The molecule has 0 spiro atoms. The second-order valence-corrected chi connectivity index (χ2v) is 6.45. The van der Waals surface area contributed by atoms with Gasteiger partial charge in [0.1, 0.15) is 0 Å². The summed E-state index contributed by atoms with van der Waals surface area (Å²) in [6.45, 7) is 3.11. The molecule has 0 unspecified atom stereocenters. The molecule has 1 saturated carbocycles. The van der Waals surface area contributed by atoms with Crippen molar-refractivity contribution >= 4 is 21.7 Å². The monoisotopic (exact) mass is 327 g/mol. The Kier molecular flexibility index (Phi) is 4.03. The maximum atomic E-state index is 14.1. The molecule has 1 saturated heterocycles. The Labute approximate surface area is 121 Å². The average Bonchev–Trinajstić information content (AvgIpc) is 3.22. The van der Waals surface area contributed by atoms with Crippen LogP contribution in [0.15, 0.2) is 16.7 Å². The first-order valence-corrected chi connectivity index (χ1v) is 7.82. The molecular formula is C14H19BrFN3. The van der Waals surface area contributed by atoms with Gasteiger partial charge in [-0.25, -0.2) is 9.37 Å². The van der Waals surface area contributed by atoms with Crippen LogP contribution in [0.1, 0.15) is 25.7 Å². The summed E-state index contributed by atoms with van der Waals surface area (Å²) in [4.78, 5) is 6.49. The van der Waals surface area contributed by atoms with Crippen LogP contribution in [0.4, 0.5) is 10.2 Å². The summed E-state index contributed by atoms with van der Waals surface area (Å²) in [6, 6.07) is 2.01. The summed E-state index contributed by atoms with van der Waals surface area (Å²) in [5.74, 6) is 0.978. The molecule has 19 heavy (non-hydrogen) atoms. The van der Waals surface area contributed by atoms with E-state index >= 15 is 0 Å². The number of nitrogens with zero attached hydrogens (tertiary/aromatic N) is 2. The van der Waals surface area contributed by atoms with Crippen molar-refractivity contribution in [1.82, 2.24) is 10.3 Å². The Morgan fingerprint density at radius 1 is 1.32 bits per heavy atom. The van der Waals surface area contributed by atoms with Gasteiger partial charge >= 0.3 is 0 Å². The number of nitrogens with one attached hydrogen (secondary N) is 1. The number of halogens is 2. The Hall–Kier alpha value is -0.680. The molecule has 1 aromatic rings. The first kappa shape index (κ1) is 13.3. The van der Waals surface area contributed by atoms with Crippen molar-refractivity contribution < 1.29 is 4.39 Å². The zero-order valence-corrected chi connectivity index (χ0v) is 12.5. The van der Waals surface area contributed by atoms with Crippen molar-refractivity contribution in [3.8, 4) is 0 Å². The van der Waals surface area contributed by atoms with Crippen molar-refractivity contribution in [2.45, 2.75) is 31.7 Å². The summed E-state index contributed by atoms with van der Waals surface area (Å²) < 4.78 is 14.8. The molecule has 0 radical (unpaired) electrons. The van der Waals surface area contributed by atoms with Crippen LogP contribution in [0.3, 0.4) is 0 Å². The van der Waals surface area contributed by atoms with Crippen molar-refractivity contribution in [3.63, 3.8) is 0 Å². The van der Waals surface area contributed by atoms with E-state index in [0.717, 1.165) is 19.6 Å². The maximum Gasteiger partial charge on any atom is 0.166 e. The van der Waals surface area contributed by atoms with Gasteiger partial charge in [0.05, 0.1) is 0 Å². The highest BCUT2D eigenvalue weighted by molar-refractivity contribution is 9.10.